The molecule has 0 N–H and O–H groups in total. The van der Waals surface area contributed by atoms with Gasteiger partial charge >= 0.3 is 0 Å². The number of aromatic nitrogens is 2. The Labute approximate surface area is 113 Å². The van der Waals surface area contributed by atoms with Crippen LogP contribution in [0.5, 0.6) is 0 Å². The number of unbranched alkanes of at least 4 members (excludes halogenated alkanes) is 1. The first-order valence-corrected chi connectivity index (χ1v) is 7.95. The highest BCUT2D eigenvalue weighted by Gasteiger charge is 2.12. The fourth-order valence-electron chi connectivity index (χ4n) is 2.23. The molecular formula is C13H22N2O2S. The van der Waals surface area contributed by atoms with Crippen molar-refractivity contribution in [2.75, 3.05) is 19.0 Å². The van der Waals surface area contributed by atoms with Crippen molar-refractivity contribution in [2.24, 2.45) is 5.92 Å². The van der Waals surface area contributed by atoms with E-state index in [0.717, 1.165) is 36.6 Å². The van der Waals surface area contributed by atoms with Crippen LogP contribution in [0, 0.1) is 12.8 Å². The summed E-state index contributed by atoms with van der Waals surface area (Å²) < 4.78 is 10.4. The largest absolute Gasteiger partial charge is 0.381 e. The molecule has 5 heteroatoms. The van der Waals surface area contributed by atoms with E-state index in [1.165, 1.54) is 37.9 Å². The topological polar surface area (TPSA) is 48.2 Å². The van der Waals surface area contributed by atoms with Crippen molar-refractivity contribution in [3.8, 4) is 0 Å². The highest BCUT2D eigenvalue weighted by atomic mass is 32.2. The van der Waals surface area contributed by atoms with Crippen LogP contribution in [0.15, 0.2) is 4.52 Å². The fourth-order valence-corrected chi connectivity index (χ4v) is 3.07. The molecule has 18 heavy (non-hydrogen) atoms. The van der Waals surface area contributed by atoms with Gasteiger partial charge in [-0.2, -0.15) is 16.7 Å². The first kappa shape index (κ1) is 13.9. The van der Waals surface area contributed by atoms with Crippen LogP contribution in [0.2, 0.25) is 0 Å². The van der Waals surface area contributed by atoms with E-state index in [2.05, 4.69) is 10.1 Å². The maximum absolute atomic E-state index is 5.37. The third-order valence-corrected chi connectivity index (χ3v) is 4.32. The van der Waals surface area contributed by atoms with E-state index in [1.807, 2.05) is 18.7 Å². The van der Waals surface area contributed by atoms with Crippen molar-refractivity contribution in [1.82, 2.24) is 10.1 Å². The van der Waals surface area contributed by atoms with Gasteiger partial charge in [0, 0.05) is 13.2 Å². The minimum Gasteiger partial charge on any atom is -0.381 e. The number of rotatable bonds is 7. The van der Waals surface area contributed by atoms with E-state index < -0.39 is 0 Å². The van der Waals surface area contributed by atoms with Crippen LogP contribution in [0.1, 0.15) is 43.8 Å². The molecule has 2 rings (SSSR count). The van der Waals surface area contributed by atoms with Crippen molar-refractivity contribution < 1.29 is 9.26 Å². The zero-order valence-electron chi connectivity index (χ0n) is 11.1. The smallest absolute Gasteiger partial charge is 0.236 e. The SMILES string of the molecule is Cc1noc(CSCCCCC2CCOCC2)n1. The van der Waals surface area contributed by atoms with Gasteiger partial charge in [-0.15, -0.1) is 0 Å². The lowest BCUT2D eigenvalue weighted by atomic mass is 9.94. The molecule has 1 aliphatic heterocycles. The van der Waals surface area contributed by atoms with E-state index in [9.17, 15) is 0 Å². The van der Waals surface area contributed by atoms with Crippen LogP contribution in [-0.4, -0.2) is 29.1 Å². The number of ether oxygens (including phenoxy) is 1. The number of hydrogen-bond acceptors (Lipinski definition) is 5. The van der Waals surface area contributed by atoms with Crippen molar-refractivity contribution in [1.29, 1.82) is 0 Å². The van der Waals surface area contributed by atoms with Crippen LogP contribution in [0.25, 0.3) is 0 Å². The highest BCUT2D eigenvalue weighted by molar-refractivity contribution is 7.98. The molecule has 0 unspecified atom stereocenters. The summed E-state index contributed by atoms with van der Waals surface area (Å²) in [5.74, 6) is 4.41. The lowest BCUT2D eigenvalue weighted by Gasteiger charge is -2.21. The summed E-state index contributed by atoms with van der Waals surface area (Å²) in [5.41, 5.74) is 0. The number of aryl methyl sites for hydroxylation is 1. The quantitative estimate of drug-likeness (QED) is 0.712. The summed E-state index contributed by atoms with van der Waals surface area (Å²) in [4.78, 5) is 4.19. The summed E-state index contributed by atoms with van der Waals surface area (Å²) in [6, 6.07) is 0. The van der Waals surface area contributed by atoms with Gasteiger partial charge < -0.3 is 9.26 Å². The Hall–Kier alpha value is -0.550. The molecule has 0 atom stereocenters. The zero-order chi connectivity index (χ0) is 12.6. The van der Waals surface area contributed by atoms with Gasteiger partial charge in [-0.05, 0) is 37.9 Å². The summed E-state index contributed by atoms with van der Waals surface area (Å²) in [6.45, 7) is 3.79. The van der Waals surface area contributed by atoms with Crippen molar-refractivity contribution in [3.05, 3.63) is 11.7 Å². The average molecular weight is 270 g/mol. The second-order valence-electron chi connectivity index (χ2n) is 4.84. The second-order valence-corrected chi connectivity index (χ2v) is 5.94. The Balaban J connectivity index is 1.46. The lowest BCUT2D eigenvalue weighted by Crippen LogP contribution is -2.15. The molecule has 1 aromatic heterocycles. The van der Waals surface area contributed by atoms with Crippen LogP contribution in [0.3, 0.4) is 0 Å². The van der Waals surface area contributed by atoms with Crippen molar-refractivity contribution in [3.63, 3.8) is 0 Å². The van der Waals surface area contributed by atoms with Crippen molar-refractivity contribution >= 4 is 11.8 Å². The van der Waals surface area contributed by atoms with Gasteiger partial charge in [-0.25, -0.2) is 0 Å². The second kappa shape index (κ2) is 7.79. The van der Waals surface area contributed by atoms with Crippen LogP contribution < -0.4 is 0 Å². The maximum Gasteiger partial charge on any atom is 0.236 e. The molecule has 0 bridgehead atoms. The molecule has 0 radical (unpaired) electrons. The predicted octanol–water partition coefficient (Wildman–Crippen LogP) is 3.21. The normalized spacial score (nSPS) is 17.2. The van der Waals surface area contributed by atoms with Crippen LogP contribution in [0.4, 0.5) is 0 Å². The third-order valence-electron chi connectivity index (χ3n) is 3.29. The molecule has 0 amide bonds. The monoisotopic (exact) mass is 270 g/mol. The first-order valence-electron chi connectivity index (χ1n) is 6.79. The highest BCUT2D eigenvalue weighted by Crippen LogP contribution is 2.21. The number of nitrogens with zero attached hydrogens (tertiary/aromatic N) is 2. The molecule has 1 aliphatic rings. The predicted molar refractivity (Wildman–Crippen MR) is 72.6 cm³/mol. The van der Waals surface area contributed by atoms with Gasteiger partial charge in [-0.1, -0.05) is 18.0 Å². The molecule has 0 aliphatic carbocycles. The van der Waals surface area contributed by atoms with Crippen LogP contribution >= 0.6 is 11.8 Å². The summed E-state index contributed by atoms with van der Waals surface area (Å²) in [5, 5.41) is 3.78. The first-order chi connectivity index (χ1) is 8.84. The van der Waals surface area contributed by atoms with E-state index in [4.69, 9.17) is 9.26 Å². The lowest BCUT2D eigenvalue weighted by molar-refractivity contribution is 0.0633. The third kappa shape index (κ3) is 4.98. The molecule has 1 fully saturated rings. The summed E-state index contributed by atoms with van der Waals surface area (Å²) in [6.07, 6.45) is 6.50. The van der Waals surface area contributed by atoms with Gasteiger partial charge in [-0.3, -0.25) is 0 Å². The standard InChI is InChI=1S/C13H22N2O2S/c1-11-14-13(17-15-11)10-18-9-3-2-4-12-5-7-16-8-6-12/h12H,2-10H2,1H3. The van der Waals surface area contributed by atoms with Crippen LogP contribution in [-0.2, 0) is 10.5 Å². The van der Waals surface area contributed by atoms with Crippen molar-refractivity contribution in [2.45, 2.75) is 44.8 Å². The van der Waals surface area contributed by atoms with Gasteiger partial charge in [0.05, 0.1) is 5.75 Å². The van der Waals surface area contributed by atoms with Gasteiger partial charge in [0.25, 0.3) is 0 Å². The van der Waals surface area contributed by atoms with Gasteiger partial charge in [0.2, 0.25) is 5.89 Å². The van der Waals surface area contributed by atoms with E-state index in [0.29, 0.717) is 0 Å². The van der Waals surface area contributed by atoms with Gasteiger partial charge in [0.15, 0.2) is 5.82 Å². The molecule has 0 saturated carbocycles. The fraction of sp³-hybridized carbons (Fsp3) is 0.846. The molecular weight excluding hydrogens is 248 g/mol. The Morgan fingerprint density at radius 3 is 2.83 bits per heavy atom. The molecule has 0 aromatic carbocycles. The Morgan fingerprint density at radius 1 is 1.28 bits per heavy atom. The average Bonchev–Trinajstić information content (AvgIpc) is 2.81. The number of hydrogen-bond donors (Lipinski definition) is 0. The minimum atomic E-state index is 0.727. The minimum absolute atomic E-state index is 0.727. The Morgan fingerprint density at radius 2 is 2.11 bits per heavy atom. The molecule has 0 spiro atoms. The van der Waals surface area contributed by atoms with Gasteiger partial charge in [0.1, 0.15) is 0 Å². The Kier molecular flexibility index (Phi) is 6.00. The van der Waals surface area contributed by atoms with E-state index in [1.54, 1.807) is 0 Å². The molecule has 4 nitrogen and oxygen atoms in total. The number of thioether (sulfide) groups is 1. The summed E-state index contributed by atoms with van der Waals surface area (Å²) in [7, 11) is 0. The molecule has 102 valence electrons. The molecule has 1 aromatic rings. The Bertz CT molecular complexity index is 337. The summed E-state index contributed by atoms with van der Waals surface area (Å²) >= 11 is 1.89. The maximum atomic E-state index is 5.37. The molecule has 2 heterocycles. The zero-order valence-corrected chi connectivity index (χ0v) is 11.9. The molecule has 1 saturated heterocycles. The van der Waals surface area contributed by atoms with E-state index in [-0.39, 0.29) is 0 Å². The van der Waals surface area contributed by atoms with E-state index >= 15 is 0 Å².